The summed E-state index contributed by atoms with van der Waals surface area (Å²) in [6, 6.07) is 8.22. The Bertz CT molecular complexity index is 583. The molecule has 1 fully saturated rings. The quantitative estimate of drug-likeness (QED) is 0.225. The Hall–Kier alpha value is -0.610. The summed E-state index contributed by atoms with van der Waals surface area (Å²) in [5, 5.41) is 7.64. The van der Waals surface area contributed by atoms with E-state index in [1.807, 2.05) is 24.3 Å². The highest BCUT2D eigenvalue weighted by Crippen LogP contribution is 2.19. The first-order chi connectivity index (χ1) is 13.2. The van der Waals surface area contributed by atoms with Crippen molar-refractivity contribution >= 4 is 41.5 Å². The van der Waals surface area contributed by atoms with E-state index in [2.05, 4.69) is 20.5 Å². The second-order valence-electron chi connectivity index (χ2n) is 6.84. The van der Waals surface area contributed by atoms with Gasteiger partial charge in [0.1, 0.15) is 0 Å². The molecule has 2 rings (SSSR count). The molecule has 8 heteroatoms. The van der Waals surface area contributed by atoms with Crippen molar-refractivity contribution in [2.45, 2.75) is 31.4 Å². The monoisotopic (exact) mass is 524 g/mol. The van der Waals surface area contributed by atoms with Crippen LogP contribution in [0.1, 0.15) is 30.9 Å². The second-order valence-corrected chi connectivity index (χ2v) is 7.28. The van der Waals surface area contributed by atoms with Crippen LogP contribution in [-0.2, 0) is 9.47 Å². The minimum atomic E-state index is -0.0788. The van der Waals surface area contributed by atoms with Gasteiger partial charge >= 0.3 is 0 Å². The summed E-state index contributed by atoms with van der Waals surface area (Å²) < 4.78 is 10.8. The number of halogens is 2. The Morgan fingerprint density at radius 2 is 2.07 bits per heavy atom. The minimum Gasteiger partial charge on any atom is -0.385 e. The van der Waals surface area contributed by atoms with Gasteiger partial charge in [-0.05, 0) is 37.0 Å². The lowest BCUT2D eigenvalue weighted by atomic mass is 10.1. The number of nitrogens with one attached hydrogen (secondary N) is 2. The molecular formula is C20H34ClIN4O2. The average molecular weight is 525 g/mol. The normalized spacial score (nSPS) is 17.1. The van der Waals surface area contributed by atoms with Gasteiger partial charge in [-0.3, -0.25) is 4.99 Å². The van der Waals surface area contributed by atoms with Crippen LogP contribution in [-0.4, -0.2) is 71.0 Å². The SMILES string of the molecule is CN=C(NCC(OC)c1cccc(Cl)c1)NC1CCN(CCCOC)CC1.I. The molecule has 0 amide bonds. The molecule has 0 spiro atoms. The third-order valence-corrected chi connectivity index (χ3v) is 5.17. The molecular weight excluding hydrogens is 491 g/mol. The number of likely N-dealkylation sites (tertiary alicyclic amines) is 1. The molecule has 1 saturated heterocycles. The van der Waals surface area contributed by atoms with Gasteiger partial charge in [0.25, 0.3) is 0 Å². The predicted octanol–water partition coefficient (Wildman–Crippen LogP) is 3.31. The lowest BCUT2D eigenvalue weighted by Gasteiger charge is -2.33. The average Bonchev–Trinajstić information content (AvgIpc) is 2.69. The molecule has 160 valence electrons. The van der Waals surface area contributed by atoms with Gasteiger partial charge in [0.2, 0.25) is 0 Å². The fraction of sp³-hybridized carbons (Fsp3) is 0.650. The molecule has 2 N–H and O–H groups in total. The van der Waals surface area contributed by atoms with Crippen LogP contribution in [0.3, 0.4) is 0 Å². The summed E-state index contributed by atoms with van der Waals surface area (Å²) in [5.41, 5.74) is 1.05. The van der Waals surface area contributed by atoms with Gasteiger partial charge in [0, 0.05) is 65.1 Å². The molecule has 0 aromatic heterocycles. The van der Waals surface area contributed by atoms with Crippen LogP contribution in [0, 0.1) is 0 Å². The first-order valence-corrected chi connectivity index (χ1v) is 10.0. The van der Waals surface area contributed by atoms with E-state index in [0.717, 1.165) is 57.0 Å². The molecule has 1 aliphatic heterocycles. The van der Waals surface area contributed by atoms with E-state index in [1.165, 1.54) is 0 Å². The third-order valence-electron chi connectivity index (χ3n) is 4.93. The number of piperidine rings is 1. The Labute approximate surface area is 191 Å². The van der Waals surface area contributed by atoms with E-state index < -0.39 is 0 Å². The standard InChI is InChI=1S/C20H33ClN4O2.HI/c1-22-20(23-15-19(27-3)16-6-4-7-17(21)14-16)24-18-8-11-25(12-9-18)10-5-13-26-2;/h4,6-7,14,18-19H,5,8-13,15H2,1-3H3,(H2,22,23,24);1H. The van der Waals surface area contributed by atoms with E-state index in [1.54, 1.807) is 21.3 Å². The number of aliphatic imine (C=N–C) groups is 1. The zero-order chi connectivity index (χ0) is 19.5. The Kier molecular flexibility index (Phi) is 13.1. The van der Waals surface area contributed by atoms with Gasteiger partial charge in [-0.25, -0.2) is 0 Å². The predicted molar refractivity (Wildman–Crippen MR) is 127 cm³/mol. The number of hydrogen-bond acceptors (Lipinski definition) is 4. The molecule has 6 nitrogen and oxygen atoms in total. The lowest BCUT2D eigenvalue weighted by Crippen LogP contribution is -2.49. The first kappa shape index (κ1) is 25.4. The summed E-state index contributed by atoms with van der Waals surface area (Å²) in [6.07, 6.45) is 3.26. The molecule has 0 aliphatic carbocycles. The van der Waals surface area contributed by atoms with E-state index in [-0.39, 0.29) is 30.1 Å². The number of nitrogens with zero attached hydrogens (tertiary/aromatic N) is 2. The van der Waals surface area contributed by atoms with Crippen LogP contribution in [0.15, 0.2) is 29.3 Å². The van der Waals surface area contributed by atoms with Gasteiger partial charge < -0.3 is 25.0 Å². The smallest absolute Gasteiger partial charge is 0.191 e. The Balaban J connectivity index is 0.00000392. The maximum Gasteiger partial charge on any atom is 0.191 e. The Morgan fingerprint density at radius 3 is 2.68 bits per heavy atom. The number of benzene rings is 1. The van der Waals surface area contributed by atoms with Crippen molar-refractivity contribution in [3.05, 3.63) is 34.9 Å². The van der Waals surface area contributed by atoms with Crippen LogP contribution < -0.4 is 10.6 Å². The van der Waals surface area contributed by atoms with Gasteiger partial charge in [0.15, 0.2) is 5.96 Å². The molecule has 1 unspecified atom stereocenters. The van der Waals surface area contributed by atoms with Crippen molar-refractivity contribution in [1.82, 2.24) is 15.5 Å². The van der Waals surface area contributed by atoms with Gasteiger partial charge in [0.05, 0.1) is 6.10 Å². The van der Waals surface area contributed by atoms with Crippen molar-refractivity contribution in [2.75, 3.05) is 54.1 Å². The van der Waals surface area contributed by atoms with Crippen molar-refractivity contribution < 1.29 is 9.47 Å². The molecule has 1 aromatic rings. The molecule has 0 bridgehead atoms. The van der Waals surface area contributed by atoms with Crippen molar-refractivity contribution in [2.24, 2.45) is 4.99 Å². The van der Waals surface area contributed by atoms with E-state index in [9.17, 15) is 0 Å². The summed E-state index contributed by atoms with van der Waals surface area (Å²) in [7, 11) is 5.27. The number of methoxy groups -OCH3 is 2. The fourth-order valence-corrected chi connectivity index (χ4v) is 3.55. The van der Waals surface area contributed by atoms with E-state index in [4.69, 9.17) is 21.1 Å². The first-order valence-electron chi connectivity index (χ1n) is 9.63. The topological polar surface area (TPSA) is 58.1 Å². The highest BCUT2D eigenvalue weighted by atomic mass is 127. The van der Waals surface area contributed by atoms with Crippen LogP contribution in [0.2, 0.25) is 5.02 Å². The summed E-state index contributed by atoms with van der Waals surface area (Å²) >= 11 is 6.09. The maximum atomic E-state index is 6.09. The van der Waals surface area contributed by atoms with Gasteiger partial charge in [-0.1, -0.05) is 23.7 Å². The zero-order valence-electron chi connectivity index (χ0n) is 17.1. The molecule has 1 heterocycles. The zero-order valence-corrected chi connectivity index (χ0v) is 20.2. The van der Waals surface area contributed by atoms with Gasteiger partial charge in [-0.2, -0.15) is 0 Å². The number of hydrogen-bond donors (Lipinski definition) is 2. The fourth-order valence-electron chi connectivity index (χ4n) is 3.35. The molecule has 0 radical (unpaired) electrons. The summed E-state index contributed by atoms with van der Waals surface area (Å²) in [4.78, 5) is 6.87. The molecule has 1 aromatic carbocycles. The highest BCUT2D eigenvalue weighted by Gasteiger charge is 2.20. The van der Waals surface area contributed by atoms with Gasteiger partial charge in [-0.15, -0.1) is 24.0 Å². The van der Waals surface area contributed by atoms with E-state index >= 15 is 0 Å². The third kappa shape index (κ3) is 8.82. The van der Waals surface area contributed by atoms with Crippen molar-refractivity contribution in [1.29, 1.82) is 0 Å². The highest BCUT2D eigenvalue weighted by molar-refractivity contribution is 14.0. The number of ether oxygens (including phenoxy) is 2. The van der Waals surface area contributed by atoms with Crippen LogP contribution >= 0.6 is 35.6 Å². The second kappa shape index (κ2) is 14.4. The minimum absolute atomic E-state index is 0. The largest absolute Gasteiger partial charge is 0.385 e. The molecule has 0 saturated carbocycles. The van der Waals surface area contributed by atoms with Crippen LogP contribution in [0.25, 0.3) is 0 Å². The maximum absolute atomic E-state index is 6.09. The van der Waals surface area contributed by atoms with Crippen LogP contribution in [0.5, 0.6) is 0 Å². The number of guanidine groups is 1. The van der Waals surface area contributed by atoms with Crippen molar-refractivity contribution in [3.8, 4) is 0 Å². The molecule has 1 aliphatic rings. The molecule has 1 atom stereocenters. The van der Waals surface area contributed by atoms with E-state index in [0.29, 0.717) is 17.6 Å². The molecule has 28 heavy (non-hydrogen) atoms. The lowest BCUT2D eigenvalue weighted by molar-refractivity contribution is 0.106. The summed E-state index contributed by atoms with van der Waals surface area (Å²) in [5.74, 6) is 0.817. The van der Waals surface area contributed by atoms with Crippen LogP contribution in [0.4, 0.5) is 0 Å². The summed E-state index contributed by atoms with van der Waals surface area (Å²) in [6.45, 7) is 4.81. The Morgan fingerprint density at radius 1 is 1.32 bits per heavy atom. The van der Waals surface area contributed by atoms with Crippen molar-refractivity contribution in [3.63, 3.8) is 0 Å². The number of rotatable bonds is 9.